The van der Waals surface area contributed by atoms with Gasteiger partial charge in [-0.05, 0) is 43.6 Å². The third-order valence-corrected chi connectivity index (χ3v) is 3.99. The highest BCUT2D eigenvalue weighted by Gasteiger charge is 2.14. The molecule has 1 atom stereocenters. The third-order valence-electron chi connectivity index (χ3n) is 3.30. The van der Waals surface area contributed by atoms with E-state index in [0.29, 0.717) is 0 Å². The zero-order valence-electron chi connectivity index (χ0n) is 14.5. The van der Waals surface area contributed by atoms with E-state index in [1.54, 1.807) is 21.3 Å². The van der Waals surface area contributed by atoms with Gasteiger partial charge in [0, 0.05) is 19.2 Å². The van der Waals surface area contributed by atoms with E-state index in [1.165, 1.54) is 0 Å². The Labute approximate surface area is 161 Å². The molecule has 1 aromatic carbocycles. The maximum absolute atomic E-state index is 5.44. The quantitative estimate of drug-likeness (QED) is 0.274. The highest BCUT2D eigenvalue weighted by atomic mass is 127. The average Bonchev–Trinajstić information content (AvgIpc) is 2.56. The Morgan fingerprint density at radius 3 is 2.61 bits per heavy atom. The number of hydrogen-bond acceptors (Lipinski definition) is 4. The molecule has 0 radical (unpaired) electrons. The second-order valence-corrected chi connectivity index (χ2v) is 5.80. The van der Waals surface area contributed by atoms with Gasteiger partial charge >= 0.3 is 0 Å². The van der Waals surface area contributed by atoms with E-state index in [4.69, 9.17) is 9.47 Å². The van der Waals surface area contributed by atoms with Crippen molar-refractivity contribution in [2.45, 2.75) is 19.4 Å². The van der Waals surface area contributed by atoms with Gasteiger partial charge in [0.1, 0.15) is 11.5 Å². The second-order valence-electron chi connectivity index (χ2n) is 4.82. The van der Waals surface area contributed by atoms with Crippen molar-refractivity contribution in [3.8, 4) is 11.5 Å². The molecule has 0 aliphatic carbocycles. The number of ether oxygens (including phenoxy) is 2. The fraction of sp³-hybridized carbons (Fsp3) is 0.562. The summed E-state index contributed by atoms with van der Waals surface area (Å²) in [6, 6.07) is 5.85. The summed E-state index contributed by atoms with van der Waals surface area (Å²) in [5.74, 6) is 3.58. The molecule has 0 aliphatic heterocycles. The van der Waals surface area contributed by atoms with Crippen LogP contribution in [0.15, 0.2) is 23.2 Å². The van der Waals surface area contributed by atoms with E-state index < -0.39 is 0 Å². The number of guanidine groups is 1. The molecule has 23 heavy (non-hydrogen) atoms. The SMILES string of the molecule is CN=C(NCCCSC)NC(C)c1cc(OC)ccc1OC.I. The van der Waals surface area contributed by atoms with Crippen molar-refractivity contribution in [3.05, 3.63) is 23.8 Å². The molecular formula is C16H28IN3O2S. The standard InChI is InChI=1S/C16H27N3O2S.HI/c1-12(19-16(17-2)18-9-6-10-22-5)14-11-13(20-3)7-8-15(14)21-4;/h7-8,11-12H,6,9-10H2,1-5H3,(H2,17,18,19);1H. The monoisotopic (exact) mass is 453 g/mol. The molecule has 1 unspecified atom stereocenters. The molecule has 0 saturated heterocycles. The topological polar surface area (TPSA) is 54.9 Å². The summed E-state index contributed by atoms with van der Waals surface area (Å²) in [6.07, 6.45) is 3.23. The van der Waals surface area contributed by atoms with Crippen molar-refractivity contribution < 1.29 is 9.47 Å². The molecule has 0 bridgehead atoms. The van der Waals surface area contributed by atoms with Crippen LogP contribution in [0.1, 0.15) is 24.9 Å². The largest absolute Gasteiger partial charge is 0.497 e. The summed E-state index contributed by atoms with van der Waals surface area (Å²) in [6.45, 7) is 2.98. The number of aliphatic imine (C=N–C) groups is 1. The minimum absolute atomic E-state index is 0. The number of benzene rings is 1. The van der Waals surface area contributed by atoms with E-state index in [2.05, 4.69) is 28.8 Å². The lowest BCUT2D eigenvalue weighted by molar-refractivity contribution is 0.394. The van der Waals surface area contributed by atoms with Crippen LogP contribution in [0.4, 0.5) is 0 Å². The van der Waals surface area contributed by atoms with Gasteiger partial charge in [-0.25, -0.2) is 0 Å². The van der Waals surface area contributed by atoms with E-state index in [1.807, 2.05) is 30.0 Å². The van der Waals surface area contributed by atoms with Crippen molar-refractivity contribution in [3.63, 3.8) is 0 Å². The van der Waals surface area contributed by atoms with E-state index >= 15 is 0 Å². The minimum Gasteiger partial charge on any atom is -0.497 e. The number of halogens is 1. The number of nitrogens with one attached hydrogen (secondary N) is 2. The van der Waals surface area contributed by atoms with Gasteiger partial charge in [-0.3, -0.25) is 4.99 Å². The molecule has 2 N–H and O–H groups in total. The lowest BCUT2D eigenvalue weighted by Crippen LogP contribution is -2.39. The molecule has 0 fully saturated rings. The molecule has 0 aliphatic rings. The van der Waals surface area contributed by atoms with Gasteiger partial charge in [0.15, 0.2) is 5.96 Å². The lowest BCUT2D eigenvalue weighted by Gasteiger charge is -2.20. The number of thioether (sulfide) groups is 1. The zero-order valence-corrected chi connectivity index (χ0v) is 17.7. The van der Waals surface area contributed by atoms with Gasteiger partial charge in [0.25, 0.3) is 0 Å². The van der Waals surface area contributed by atoms with Crippen LogP contribution in [0, 0.1) is 0 Å². The highest BCUT2D eigenvalue weighted by molar-refractivity contribution is 14.0. The Balaban J connectivity index is 0.00000484. The van der Waals surface area contributed by atoms with E-state index in [9.17, 15) is 0 Å². The highest BCUT2D eigenvalue weighted by Crippen LogP contribution is 2.29. The lowest BCUT2D eigenvalue weighted by atomic mass is 10.1. The molecule has 0 amide bonds. The van der Waals surface area contributed by atoms with Gasteiger partial charge in [0.05, 0.1) is 20.3 Å². The smallest absolute Gasteiger partial charge is 0.191 e. The first-order valence-electron chi connectivity index (χ1n) is 7.34. The fourth-order valence-corrected chi connectivity index (χ4v) is 2.51. The van der Waals surface area contributed by atoms with Crippen LogP contribution in [0.3, 0.4) is 0 Å². The fourth-order valence-electron chi connectivity index (χ4n) is 2.08. The van der Waals surface area contributed by atoms with Crippen molar-refractivity contribution in [2.24, 2.45) is 4.99 Å². The Kier molecular flexibility index (Phi) is 12.1. The van der Waals surface area contributed by atoms with Gasteiger partial charge in [-0.1, -0.05) is 0 Å². The molecule has 0 heterocycles. The maximum Gasteiger partial charge on any atom is 0.191 e. The molecule has 0 spiro atoms. The predicted molar refractivity (Wildman–Crippen MR) is 111 cm³/mol. The summed E-state index contributed by atoms with van der Waals surface area (Å²) in [5, 5.41) is 6.71. The summed E-state index contributed by atoms with van der Waals surface area (Å²) in [7, 11) is 5.11. The van der Waals surface area contributed by atoms with E-state index in [0.717, 1.165) is 41.7 Å². The predicted octanol–water partition coefficient (Wildman–Crippen LogP) is 3.30. The van der Waals surface area contributed by atoms with Crippen LogP contribution in [-0.2, 0) is 0 Å². The van der Waals surface area contributed by atoms with Gasteiger partial charge < -0.3 is 20.1 Å². The normalized spacial score (nSPS) is 12.1. The van der Waals surface area contributed by atoms with Gasteiger partial charge in [-0.2, -0.15) is 11.8 Å². The summed E-state index contributed by atoms with van der Waals surface area (Å²) in [5.41, 5.74) is 1.04. The second kappa shape index (κ2) is 12.6. The molecule has 0 aromatic heterocycles. The first kappa shape index (κ1) is 22.2. The molecule has 7 heteroatoms. The van der Waals surface area contributed by atoms with Crippen molar-refractivity contribution in [1.82, 2.24) is 10.6 Å². The van der Waals surface area contributed by atoms with E-state index in [-0.39, 0.29) is 30.0 Å². The van der Waals surface area contributed by atoms with Crippen LogP contribution < -0.4 is 20.1 Å². The van der Waals surface area contributed by atoms with Crippen LogP contribution in [0.2, 0.25) is 0 Å². The molecular weight excluding hydrogens is 425 g/mol. The molecule has 5 nitrogen and oxygen atoms in total. The molecule has 132 valence electrons. The van der Waals surface area contributed by atoms with Gasteiger partial charge in [0.2, 0.25) is 0 Å². The van der Waals surface area contributed by atoms with Crippen LogP contribution in [-0.4, -0.2) is 45.8 Å². The number of hydrogen-bond donors (Lipinski definition) is 2. The number of rotatable bonds is 8. The Hall–Kier alpha value is -0.830. The molecule has 0 saturated carbocycles. The van der Waals surface area contributed by atoms with Gasteiger partial charge in [-0.15, -0.1) is 24.0 Å². The summed E-state index contributed by atoms with van der Waals surface area (Å²) < 4.78 is 10.7. The first-order chi connectivity index (χ1) is 10.7. The van der Waals surface area contributed by atoms with Crippen LogP contribution >= 0.6 is 35.7 Å². The molecule has 1 rings (SSSR count). The minimum atomic E-state index is 0. The van der Waals surface area contributed by atoms with Crippen molar-refractivity contribution >= 4 is 41.7 Å². The third kappa shape index (κ3) is 7.52. The summed E-state index contributed by atoms with van der Waals surface area (Å²) in [4.78, 5) is 4.26. The Morgan fingerprint density at radius 2 is 2.04 bits per heavy atom. The Bertz CT molecular complexity index is 486. The average molecular weight is 453 g/mol. The first-order valence-corrected chi connectivity index (χ1v) is 8.73. The zero-order chi connectivity index (χ0) is 16.4. The van der Waals surface area contributed by atoms with Crippen molar-refractivity contribution in [1.29, 1.82) is 0 Å². The maximum atomic E-state index is 5.44. The summed E-state index contributed by atoms with van der Waals surface area (Å²) >= 11 is 1.85. The number of nitrogens with zero attached hydrogens (tertiary/aromatic N) is 1. The van der Waals surface area contributed by atoms with Crippen LogP contribution in [0.5, 0.6) is 11.5 Å². The van der Waals surface area contributed by atoms with Crippen LogP contribution in [0.25, 0.3) is 0 Å². The number of methoxy groups -OCH3 is 2. The molecule has 1 aromatic rings. The van der Waals surface area contributed by atoms with Crippen molar-refractivity contribution in [2.75, 3.05) is 39.8 Å². The Morgan fingerprint density at radius 1 is 1.30 bits per heavy atom.